The van der Waals surface area contributed by atoms with Crippen LogP contribution in [0.25, 0.3) is 0 Å². The highest BCUT2D eigenvalue weighted by Gasteiger charge is 2.11. The molecule has 3 heteroatoms. The monoisotopic (exact) mass is 211 g/mol. The van der Waals surface area contributed by atoms with Crippen molar-refractivity contribution in [2.45, 2.75) is 39.3 Å². The molecule has 2 atom stereocenters. The summed E-state index contributed by atoms with van der Waals surface area (Å²) in [5.74, 6) is 0.261. The van der Waals surface area contributed by atoms with Gasteiger partial charge in [-0.2, -0.15) is 0 Å². The molecule has 0 aliphatic heterocycles. The molecule has 0 aliphatic carbocycles. The molecule has 2 N–H and O–H groups in total. The molecule has 0 aliphatic rings. The summed E-state index contributed by atoms with van der Waals surface area (Å²) in [5.41, 5.74) is 6.62. The summed E-state index contributed by atoms with van der Waals surface area (Å²) in [7, 11) is 0. The number of nitrogens with two attached hydrogens (primary N) is 1. The van der Waals surface area contributed by atoms with Gasteiger partial charge < -0.3 is 10.5 Å². The van der Waals surface area contributed by atoms with Gasteiger partial charge in [-0.25, -0.2) is 4.39 Å². The summed E-state index contributed by atoms with van der Waals surface area (Å²) in [6.45, 7) is 5.84. The fraction of sp³-hybridized carbons (Fsp3) is 0.500. The van der Waals surface area contributed by atoms with Gasteiger partial charge in [0.1, 0.15) is 11.6 Å². The molecule has 0 fully saturated rings. The second-order valence-corrected chi connectivity index (χ2v) is 3.81. The van der Waals surface area contributed by atoms with Gasteiger partial charge in [-0.3, -0.25) is 0 Å². The van der Waals surface area contributed by atoms with E-state index in [1.807, 2.05) is 20.8 Å². The van der Waals surface area contributed by atoms with Crippen molar-refractivity contribution in [3.8, 4) is 5.75 Å². The lowest BCUT2D eigenvalue weighted by Crippen LogP contribution is -2.14. The maximum absolute atomic E-state index is 13.0. The molecule has 0 amide bonds. The van der Waals surface area contributed by atoms with Gasteiger partial charge >= 0.3 is 0 Å². The predicted molar refractivity (Wildman–Crippen MR) is 59.4 cm³/mol. The van der Waals surface area contributed by atoms with Crippen LogP contribution in [0.2, 0.25) is 0 Å². The molecule has 2 nitrogen and oxygen atoms in total. The minimum atomic E-state index is -0.294. The molecule has 0 heterocycles. The fourth-order valence-corrected chi connectivity index (χ4v) is 1.29. The Labute approximate surface area is 90.2 Å². The van der Waals surface area contributed by atoms with Gasteiger partial charge in [0, 0.05) is 17.7 Å². The zero-order valence-electron chi connectivity index (χ0n) is 9.46. The molecular formula is C12H18FNO. The lowest BCUT2D eigenvalue weighted by molar-refractivity contribution is 0.213. The smallest absolute Gasteiger partial charge is 0.127 e. The molecule has 1 aromatic rings. The van der Waals surface area contributed by atoms with E-state index in [2.05, 4.69) is 0 Å². The van der Waals surface area contributed by atoms with E-state index in [1.165, 1.54) is 12.1 Å². The van der Waals surface area contributed by atoms with Crippen molar-refractivity contribution < 1.29 is 9.13 Å². The molecule has 0 aromatic heterocycles. The maximum Gasteiger partial charge on any atom is 0.127 e. The Morgan fingerprint density at radius 3 is 2.60 bits per heavy atom. The summed E-state index contributed by atoms with van der Waals surface area (Å²) in [5, 5.41) is 0. The van der Waals surface area contributed by atoms with Gasteiger partial charge in [0.2, 0.25) is 0 Å². The fourth-order valence-electron chi connectivity index (χ4n) is 1.29. The Balaban J connectivity index is 2.96. The number of ether oxygens (including phenoxy) is 1. The molecule has 15 heavy (non-hydrogen) atoms. The third-order valence-corrected chi connectivity index (χ3v) is 2.37. The van der Waals surface area contributed by atoms with E-state index in [-0.39, 0.29) is 18.0 Å². The summed E-state index contributed by atoms with van der Waals surface area (Å²) in [4.78, 5) is 0. The van der Waals surface area contributed by atoms with Gasteiger partial charge in [0.25, 0.3) is 0 Å². The van der Waals surface area contributed by atoms with Crippen LogP contribution in [0, 0.1) is 5.82 Å². The third kappa shape index (κ3) is 3.20. The molecule has 0 saturated carbocycles. The van der Waals surface area contributed by atoms with Crippen LogP contribution in [0.4, 0.5) is 4.39 Å². The molecule has 1 rings (SSSR count). The van der Waals surface area contributed by atoms with E-state index in [9.17, 15) is 4.39 Å². The van der Waals surface area contributed by atoms with Gasteiger partial charge in [0.05, 0.1) is 6.10 Å². The van der Waals surface area contributed by atoms with Crippen molar-refractivity contribution in [2.24, 2.45) is 5.73 Å². The van der Waals surface area contributed by atoms with Crippen molar-refractivity contribution in [1.82, 2.24) is 0 Å². The highest BCUT2D eigenvalue weighted by molar-refractivity contribution is 5.36. The largest absolute Gasteiger partial charge is 0.490 e. The molecule has 0 radical (unpaired) electrons. The van der Waals surface area contributed by atoms with E-state index in [0.29, 0.717) is 5.75 Å². The van der Waals surface area contributed by atoms with E-state index in [4.69, 9.17) is 10.5 Å². The Hall–Kier alpha value is -1.09. The average Bonchev–Trinajstić information content (AvgIpc) is 2.17. The number of rotatable bonds is 4. The summed E-state index contributed by atoms with van der Waals surface area (Å²) < 4.78 is 18.7. The first-order valence-corrected chi connectivity index (χ1v) is 5.26. The van der Waals surface area contributed by atoms with Crippen molar-refractivity contribution in [2.75, 3.05) is 0 Å². The van der Waals surface area contributed by atoms with Crippen LogP contribution in [0.5, 0.6) is 5.75 Å². The minimum Gasteiger partial charge on any atom is -0.490 e. The first-order chi connectivity index (χ1) is 7.04. The second kappa shape index (κ2) is 5.12. The third-order valence-electron chi connectivity index (χ3n) is 2.37. The van der Waals surface area contributed by atoms with Gasteiger partial charge in [-0.05, 0) is 26.3 Å². The van der Waals surface area contributed by atoms with E-state index in [0.717, 1.165) is 12.0 Å². The Kier molecular flexibility index (Phi) is 4.09. The standard InChI is InChI=1S/C12H18FNO/c1-4-8(2)15-12-7-10(13)5-6-11(12)9(3)14/h5-9H,4,14H2,1-3H3/t8?,9-/m1/s1. The first kappa shape index (κ1) is 12.0. The highest BCUT2D eigenvalue weighted by Crippen LogP contribution is 2.26. The number of benzene rings is 1. The highest BCUT2D eigenvalue weighted by atomic mass is 19.1. The van der Waals surface area contributed by atoms with Gasteiger partial charge in [-0.15, -0.1) is 0 Å². The lowest BCUT2D eigenvalue weighted by Gasteiger charge is -2.17. The molecular weight excluding hydrogens is 193 g/mol. The Bertz CT molecular complexity index is 325. The number of hydrogen-bond acceptors (Lipinski definition) is 2. The van der Waals surface area contributed by atoms with Gasteiger partial charge in [-0.1, -0.05) is 13.0 Å². The van der Waals surface area contributed by atoms with Crippen molar-refractivity contribution in [3.05, 3.63) is 29.6 Å². The van der Waals surface area contributed by atoms with E-state index >= 15 is 0 Å². The maximum atomic E-state index is 13.0. The van der Waals surface area contributed by atoms with Crippen LogP contribution < -0.4 is 10.5 Å². The zero-order valence-corrected chi connectivity index (χ0v) is 9.46. The van der Waals surface area contributed by atoms with Crippen LogP contribution in [-0.2, 0) is 0 Å². The molecule has 1 aromatic carbocycles. The number of hydrogen-bond donors (Lipinski definition) is 1. The van der Waals surface area contributed by atoms with Crippen molar-refractivity contribution >= 4 is 0 Å². The molecule has 1 unspecified atom stereocenters. The van der Waals surface area contributed by atoms with Crippen molar-refractivity contribution in [3.63, 3.8) is 0 Å². The van der Waals surface area contributed by atoms with E-state index < -0.39 is 0 Å². The van der Waals surface area contributed by atoms with Crippen LogP contribution in [0.3, 0.4) is 0 Å². The first-order valence-electron chi connectivity index (χ1n) is 5.26. The molecule has 84 valence electrons. The molecule has 0 bridgehead atoms. The van der Waals surface area contributed by atoms with Crippen LogP contribution in [0.1, 0.15) is 38.8 Å². The summed E-state index contributed by atoms with van der Waals surface area (Å²) in [6.07, 6.45) is 0.957. The number of halogens is 1. The average molecular weight is 211 g/mol. The zero-order chi connectivity index (χ0) is 11.4. The predicted octanol–water partition coefficient (Wildman–Crippen LogP) is 3.02. The summed E-state index contributed by atoms with van der Waals surface area (Å²) >= 11 is 0. The minimum absolute atomic E-state index is 0.0734. The Morgan fingerprint density at radius 2 is 2.07 bits per heavy atom. The quantitative estimate of drug-likeness (QED) is 0.830. The molecule has 0 spiro atoms. The normalized spacial score (nSPS) is 14.7. The topological polar surface area (TPSA) is 35.2 Å². The second-order valence-electron chi connectivity index (χ2n) is 3.81. The Morgan fingerprint density at radius 1 is 1.40 bits per heavy atom. The molecule has 0 saturated heterocycles. The SMILES string of the molecule is CCC(C)Oc1cc(F)ccc1[C@@H](C)N. The van der Waals surface area contributed by atoms with Crippen molar-refractivity contribution in [1.29, 1.82) is 0 Å². The summed E-state index contributed by atoms with van der Waals surface area (Å²) in [6, 6.07) is 4.33. The van der Waals surface area contributed by atoms with Crippen LogP contribution >= 0.6 is 0 Å². The van der Waals surface area contributed by atoms with E-state index in [1.54, 1.807) is 6.07 Å². The van der Waals surface area contributed by atoms with Gasteiger partial charge in [0.15, 0.2) is 0 Å². The van der Waals surface area contributed by atoms with Crippen LogP contribution in [-0.4, -0.2) is 6.10 Å². The lowest BCUT2D eigenvalue weighted by atomic mass is 10.1. The van der Waals surface area contributed by atoms with Crippen LogP contribution in [0.15, 0.2) is 18.2 Å².